The lowest BCUT2D eigenvalue weighted by Gasteiger charge is -2.55. The minimum absolute atomic E-state index is 0.313. The van der Waals surface area contributed by atoms with E-state index in [-0.39, 0.29) is 5.41 Å². The van der Waals surface area contributed by atoms with Gasteiger partial charge in [0.1, 0.15) is 0 Å². The van der Waals surface area contributed by atoms with Gasteiger partial charge in [-0.3, -0.25) is 0 Å². The van der Waals surface area contributed by atoms with E-state index in [1.807, 2.05) is 0 Å². The number of hydrogen-bond donors (Lipinski definition) is 0. The van der Waals surface area contributed by atoms with E-state index in [4.69, 9.17) is 0 Å². The Labute approximate surface area is 264 Å². The fourth-order valence-electron chi connectivity index (χ4n) is 11.0. The molecule has 0 unspecified atom stereocenters. The average molecular weight is 572 g/mol. The van der Waals surface area contributed by atoms with E-state index in [0.29, 0.717) is 6.71 Å². The first-order valence-electron chi connectivity index (χ1n) is 16.7. The third-order valence-electron chi connectivity index (χ3n) is 12.4. The summed E-state index contributed by atoms with van der Waals surface area (Å²) in [6, 6.07) is 38.8. The Bertz CT molecular complexity index is 2330. The quantitative estimate of drug-likeness (QED) is 0.179. The minimum Gasteiger partial charge on any atom is -0.309 e. The van der Waals surface area contributed by atoms with Gasteiger partial charge in [0, 0.05) is 12.8 Å². The van der Waals surface area contributed by atoms with E-state index in [1.54, 1.807) is 22.0 Å². The van der Waals surface area contributed by atoms with Crippen molar-refractivity contribution in [3.8, 4) is 0 Å². The summed E-state index contributed by atoms with van der Waals surface area (Å²) in [6.45, 7) is 4.90. The fourth-order valence-corrected chi connectivity index (χ4v) is 11.0. The van der Waals surface area contributed by atoms with Crippen molar-refractivity contribution in [2.45, 2.75) is 44.9 Å². The third kappa shape index (κ3) is 2.47. The van der Waals surface area contributed by atoms with Gasteiger partial charge in [-0.2, -0.15) is 0 Å². The van der Waals surface area contributed by atoms with E-state index in [0.717, 1.165) is 25.7 Å². The molecule has 0 fully saturated rings. The minimum atomic E-state index is -0.362. The maximum atomic E-state index is 2.70. The van der Waals surface area contributed by atoms with Crippen LogP contribution in [0.3, 0.4) is 0 Å². The van der Waals surface area contributed by atoms with Crippen LogP contribution in [0.25, 0.3) is 0 Å². The number of fused-ring (bicyclic) bond motifs is 4. The lowest BCUT2D eigenvalue weighted by molar-refractivity contribution is 0.722. The van der Waals surface area contributed by atoms with E-state index in [2.05, 4.69) is 116 Å². The lowest BCUT2D eigenvalue weighted by Crippen LogP contribution is -2.68. The molecule has 0 aliphatic carbocycles. The molecule has 0 N–H and O–H groups in total. The standard InChI is InChI=1S/C43H30BN/c1-23-17-30-20-28-9-5-13-35-41(28)45-40(30)31(18-23)21-29-10-6-14-36(42(29)45)43(35)33-11-3-7-25-19-27-16-15-24(2)32-22-26-8-4-12-34(43)39(26)44(37(27)32)38(25)33/h3-18H,19-22H2,1-2H3. The Morgan fingerprint density at radius 3 is 1.62 bits per heavy atom. The van der Waals surface area contributed by atoms with Gasteiger partial charge in [0.15, 0.2) is 0 Å². The van der Waals surface area contributed by atoms with Gasteiger partial charge in [0.25, 0.3) is 0 Å². The molecule has 6 aromatic carbocycles. The second kappa shape index (κ2) is 7.52. The maximum Gasteiger partial charge on any atom is 0.243 e. The van der Waals surface area contributed by atoms with Crippen molar-refractivity contribution in [3.05, 3.63) is 175 Å². The zero-order valence-corrected chi connectivity index (χ0v) is 25.6. The van der Waals surface area contributed by atoms with Gasteiger partial charge in [-0.1, -0.05) is 119 Å². The zero-order chi connectivity index (χ0) is 29.3. The van der Waals surface area contributed by atoms with E-state index in [1.165, 1.54) is 89.4 Å². The second-order valence-electron chi connectivity index (χ2n) is 14.5. The predicted octanol–water partition coefficient (Wildman–Crippen LogP) is 6.92. The van der Waals surface area contributed by atoms with Crippen LogP contribution in [0.2, 0.25) is 0 Å². The van der Waals surface area contributed by atoms with E-state index in [9.17, 15) is 0 Å². The van der Waals surface area contributed by atoms with Gasteiger partial charge in [0.2, 0.25) is 6.71 Å². The molecule has 0 aromatic heterocycles. The van der Waals surface area contributed by atoms with Crippen molar-refractivity contribution in [1.82, 2.24) is 0 Å². The molecule has 6 aliphatic rings. The summed E-state index contributed by atoms with van der Waals surface area (Å²) in [5, 5.41) is 0. The van der Waals surface area contributed by atoms with E-state index < -0.39 is 0 Å². The number of rotatable bonds is 0. The molecule has 6 aromatic rings. The molecule has 12 rings (SSSR count). The highest BCUT2D eigenvalue weighted by molar-refractivity contribution is 6.98. The van der Waals surface area contributed by atoms with Crippen LogP contribution in [-0.4, -0.2) is 6.71 Å². The number of benzene rings is 6. The van der Waals surface area contributed by atoms with Crippen molar-refractivity contribution >= 4 is 40.2 Å². The normalized spacial score (nSPS) is 16.8. The van der Waals surface area contributed by atoms with Crippen LogP contribution in [0.4, 0.5) is 17.1 Å². The molecular weight excluding hydrogens is 541 g/mol. The molecule has 0 saturated heterocycles. The number of hydrogen-bond acceptors (Lipinski definition) is 1. The highest BCUT2D eigenvalue weighted by Crippen LogP contribution is 2.63. The van der Waals surface area contributed by atoms with Crippen molar-refractivity contribution in [2.75, 3.05) is 4.90 Å². The number of aryl methyl sites for hydroxylation is 2. The van der Waals surface area contributed by atoms with Gasteiger partial charge >= 0.3 is 0 Å². The molecule has 6 heterocycles. The maximum absolute atomic E-state index is 2.70. The number of nitrogens with zero attached hydrogens (tertiary/aromatic N) is 1. The topological polar surface area (TPSA) is 3.24 Å². The van der Waals surface area contributed by atoms with Crippen LogP contribution >= 0.6 is 0 Å². The molecule has 1 spiro atoms. The number of anilines is 3. The zero-order valence-electron chi connectivity index (χ0n) is 25.6. The molecule has 210 valence electrons. The van der Waals surface area contributed by atoms with Crippen LogP contribution in [0.5, 0.6) is 0 Å². The highest BCUT2D eigenvalue weighted by atomic mass is 15.2. The Balaban J connectivity index is 1.28. The first-order chi connectivity index (χ1) is 22.1. The first kappa shape index (κ1) is 23.6. The van der Waals surface area contributed by atoms with Crippen molar-refractivity contribution < 1.29 is 0 Å². The van der Waals surface area contributed by atoms with Crippen LogP contribution < -0.4 is 21.3 Å². The SMILES string of the molecule is Cc1cc2c3c(c1)Cc1cccc4c1N3c1c(cccc1C41c3cccc4c3B3c5c(cccc51)Cc1c(C)ccc(c13)C4)C2. The molecule has 0 radical (unpaired) electrons. The summed E-state index contributed by atoms with van der Waals surface area (Å²) in [7, 11) is 0. The van der Waals surface area contributed by atoms with Crippen LogP contribution in [0, 0.1) is 13.8 Å². The molecule has 2 heteroatoms. The third-order valence-corrected chi connectivity index (χ3v) is 12.4. The predicted molar refractivity (Wildman–Crippen MR) is 185 cm³/mol. The largest absolute Gasteiger partial charge is 0.309 e. The molecule has 6 aliphatic heterocycles. The lowest BCUT2D eigenvalue weighted by atomic mass is 9.25. The van der Waals surface area contributed by atoms with Gasteiger partial charge in [0.05, 0.1) is 22.5 Å². The monoisotopic (exact) mass is 571 g/mol. The molecular formula is C43H30BN. The Kier molecular flexibility index (Phi) is 3.93. The van der Waals surface area contributed by atoms with Gasteiger partial charge < -0.3 is 4.90 Å². The van der Waals surface area contributed by atoms with Gasteiger partial charge in [-0.15, -0.1) is 0 Å². The molecule has 1 nitrogen and oxygen atoms in total. The average Bonchev–Trinajstić information content (AvgIpc) is 3.05. The number of para-hydroxylation sites is 2. The van der Waals surface area contributed by atoms with Crippen molar-refractivity contribution in [2.24, 2.45) is 0 Å². The summed E-state index contributed by atoms with van der Waals surface area (Å²) in [6.07, 6.45) is 4.05. The smallest absolute Gasteiger partial charge is 0.243 e. The van der Waals surface area contributed by atoms with Gasteiger partial charge in [-0.05, 0) is 99.0 Å². The first-order valence-corrected chi connectivity index (χ1v) is 16.7. The Morgan fingerprint density at radius 1 is 0.489 bits per heavy atom. The molecule has 0 bridgehead atoms. The fraction of sp³-hybridized carbons (Fsp3) is 0.163. The van der Waals surface area contributed by atoms with Crippen LogP contribution in [0.1, 0.15) is 77.9 Å². The van der Waals surface area contributed by atoms with Crippen molar-refractivity contribution in [1.29, 1.82) is 0 Å². The summed E-state index contributed by atoms with van der Waals surface area (Å²) < 4.78 is 0. The summed E-state index contributed by atoms with van der Waals surface area (Å²) >= 11 is 0. The van der Waals surface area contributed by atoms with E-state index >= 15 is 0 Å². The Morgan fingerprint density at radius 2 is 1.00 bits per heavy atom. The van der Waals surface area contributed by atoms with Crippen molar-refractivity contribution in [3.63, 3.8) is 0 Å². The molecule has 0 amide bonds. The molecule has 0 saturated carbocycles. The highest BCUT2D eigenvalue weighted by Gasteiger charge is 2.57. The summed E-state index contributed by atoms with van der Waals surface area (Å²) in [4.78, 5) is 2.70. The molecule has 0 atom stereocenters. The van der Waals surface area contributed by atoms with Crippen LogP contribution in [-0.2, 0) is 31.1 Å². The Hall–Kier alpha value is -4.82. The van der Waals surface area contributed by atoms with Crippen LogP contribution in [0.15, 0.2) is 97.1 Å². The summed E-state index contributed by atoms with van der Waals surface area (Å²) in [5.74, 6) is 0. The molecule has 45 heavy (non-hydrogen) atoms. The second-order valence-corrected chi connectivity index (χ2v) is 14.5. The van der Waals surface area contributed by atoms with Gasteiger partial charge in [-0.25, -0.2) is 0 Å². The summed E-state index contributed by atoms with van der Waals surface area (Å²) in [5.41, 5.74) is 29.5.